The third-order valence-electron chi connectivity index (χ3n) is 3.63. The van der Waals surface area contributed by atoms with Gasteiger partial charge in [0.2, 0.25) is 0 Å². The zero-order chi connectivity index (χ0) is 15.7. The van der Waals surface area contributed by atoms with Gasteiger partial charge in [-0.3, -0.25) is 4.90 Å². The quantitative estimate of drug-likeness (QED) is 0.778. The first-order valence-corrected chi connectivity index (χ1v) is 7.71. The molecule has 0 spiro atoms. The minimum Gasteiger partial charge on any atom is -0.395 e. The van der Waals surface area contributed by atoms with Crippen LogP contribution in [-0.2, 0) is 6.54 Å². The van der Waals surface area contributed by atoms with Crippen LogP contribution in [-0.4, -0.2) is 29.7 Å². The molecule has 1 N–H and O–H groups in total. The van der Waals surface area contributed by atoms with Crippen LogP contribution in [0.2, 0.25) is 0 Å². The Balaban J connectivity index is 2.73. The second kappa shape index (κ2) is 9.55. The van der Waals surface area contributed by atoms with Gasteiger partial charge in [0.1, 0.15) is 5.82 Å². The van der Waals surface area contributed by atoms with Gasteiger partial charge in [0.15, 0.2) is 0 Å². The van der Waals surface area contributed by atoms with E-state index < -0.39 is 0 Å². The zero-order valence-electron chi connectivity index (χ0n) is 13.3. The van der Waals surface area contributed by atoms with E-state index in [0.717, 1.165) is 19.5 Å². The first kappa shape index (κ1) is 17.7. The lowest BCUT2D eigenvalue weighted by molar-refractivity contribution is 0.235. The van der Waals surface area contributed by atoms with E-state index in [2.05, 4.69) is 37.5 Å². The van der Waals surface area contributed by atoms with Crippen LogP contribution < -0.4 is 0 Å². The van der Waals surface area contributed by atoms with E-state index in [1.165, 1.54) is 6.07 Å². The molecule has 0 radical (unpaired) electrons. The second-order valence-electron chi connectivity index (χ2n) is 5.42. The maximum atomic E-state index is 14.1. The van der Waals surface area contributed by atoms with E-state index in [1.54, 1.807) is 0 Å². The summed E-state index contributed by atoms with van der Waals surface area (Å²) in [5.41, 5.74) is 1.38. The molecule has 0 heterocycles. The number of hydrogen-bond donors (Lipinski definition) is 1. The highest BCUT2D eigenvalue weighted by atomic mass is 19.1. The molecule has 0 saturated carbocycles. The summed E-state index contributed by atoms with van der Waals surface area (Å²) < 4.78 is 14.1. The summed E-state index contributed by atoms with van der Waals surface area (Å²) in [4.78, 5) is 2.27. The summed E-state index contributed by atoms with van der Waals surface area (Å²) in [7, 11) is 0. The van der Waals surface area contributed by atoms with Crippen molar-refractivity contribution in [3.63, 3.8) is 0 Å². The lowest BCUT2D eigenvalue weighted by atomic mass is 10.1. The maximum absolute atomic E-state index is 14.1. The molecule has 1 aromatic rings. The summed E-state index contributed by atoms with van der Waals surface area (Å²) in [5, 5.41) is 8.68. The van der Waals surface area contributed by atoms with Crippen molar-refractivity contribution in [1.29, 1.82) is 0 Å². The highest BCUT2D eigenvalue weighted by Crippen LogP contribution is 2.14. The van der Waals surface area contributed by atoms with Gasteiger partial charge >= 0.3 is 0 Å². The van der Waals surface area contributed by atoms with Gasteiger partial charge in [0.25, 0.3) is 0 Å². The van der Waals surface area contributed by atoms with E-state index in [0.29, 0.717) is 30.0 Å². The van der Waals surface area contributed by atoms with Crippen LogP contribution in [0, 0.1) is 23.6 Å². The second-order valence-corrected chi connectivity index (χ2v) is 5.42. The molecule has 21 heavy (non-hydrogen) atoms. The molecule has 116 valence electrons. The zero-order valence-corrected chi connectivity index (χ0v) is 13.3. The van der Waals surface area contributed by atoms with Crippen molar-refractivity contribution < 1.29 is 9.50 Å². The van der Waals surface area contributed by atoms with E-state index in [1.807, 2.05) is 12.1 Å². The minimum atomic E-state index is -0.201. The molecule has 0 aromatic heterocycles. The van der Waals surface area contributed by atoms with Crippen molar-refractivity contribution in [3.8, 4) is 11.8 Å². The lowest BCUT2D eigenvalue weighted by Gasteiger charge is -2.24. The fourth-order valence-corrected chi connectivity index (χ4v) is 2.09. The highest BCUT2D eigenvalue weighted by Gasteiger charge is 2.11. The molecule has 1 rings (SSSR count). The van der Waals surface area contributed by atoms with Crippen LogP contribution in [0.25, 0.3) is 0 Å². The third kappa shape index (κ3) is 6.29. The molecule has 1 unspecified atom stereocenters. The van der Waals surface area contributed by atoms with E-state index >= 15 is 0 Å². The molecular weight excluding hydrogens is 265 g/mol. The van der Waals surface area contributed by atoms with E-state index in [9.17, 15) is 4.39 Å². The number of rotatable bonds is 7. The van der Waals surface area contributed by atoms with Gasteiger partial charge in [0.05, 0.1) is 6.61 Å². The van der Waals surface area contributed by atoms with Crippen LogP contribution in [0.3, 0.4) is 0 Å². The van der Waals surface area contributed by atoms with Crippen molar-refractivity contribution in [3.05, 3.63) is 35.1 Å². The molecular formula is C18H26FNO. The van der Waals surface area contributed by atoms with Crippen molar-refractivity contribution in [1.82, 2.24) is 4.90 Å². The fourth-order valence-electron chi connectivity index (χ4n) is 2.09. The molecule has 0 bridgehead atoms. The number of aliphatic hydroxyl groups is 1. The smallest absolute Gasteiger partial charge is 0.128 e. The van der Waals surface area contributed by atoms with Crippen molar-refractivity contribution in [2.75, 3.05) is 19.7 Å². The largest absolute Gasteiger partial charge is 0.395 e. The Hall–Kier alpha value is -1.37. The van der Waals surface area contributed by atoms with Crippen LogP contribution >= 0.6 is 0 Å². The molecule has 1 atom stereocenters. The van der Waals surface area contributed by atoms with Crippen molar-refractivity contribution in [2.24, 2.45) is 5.92 Å². The first-order valence-electron chi connectivity index (χ1n) is 7.71. The lowest BCUT2D eigenvalue weighted by Crippen LogP contribution is -2.28. The van der Waals surface area contributed by atoms with Crippen LogP contribution in [0.4, 0.5) is 4.39 Å². The van der Waals surface area contributed by atoms with E-state index in [-0.39, 0.29) is 12.4 Å². The van der Waals surface area contributed by atoms with Gasteiger partial charge < -0.3 is 5.11 Å². The average molecular weight is 291 g/mol. The van der Waals surface area contributed by atoms with Gasteiger partial charge in [0, 0.05) is 30.6 Å². The van der Waals surface area contributed by atoms with Gasteiger partial charge in [-0.1, -0.05) is 45.1 Å². The Labute approximate surface area is 128 Å². The van der Waals surface area contributed by atoms with Gasteiger partial charge in [-0.2, -0.15) is 0 Å². The summed E-state index contributed by atoms with van der Waals surface area (Å²) in [5.74, 6) is 6.09. The Kier molecular flexibility index (Phi) is 8.04. The fraction of sp³-hybridized carbons (Fsp3) is 0.556. The SMILES string of the molecule is CCC(C)CN(CC)Cc1ccc(C#CCCO)cc1F. The maximum Gasteiger partial charge on any atom is 0.128 e. The Morgan fingerprint density at radius 2 is 2.10 bits per heavy atom. The predicted octanol–water partition coefficient (Wildman–Crippen LogP) is 3.43. The number of aliphatic hydroxyl groups excluding tert-OH is 1. The molecule has 3 heteroatoms. The van der Waals surface area contributed by atoms with Crippen LogP contribution in [0.15, 0.2) is 18.2 Å². The van der Waals surface area contributed by atoms with Gasteiger partial charge in [-0.25, -0.2) is 4.39 Å². The summed E-state index contributed by atoms with van der Waals surface area (Å²) in [6.45, 7) is 9.09. The number of benzene rings is 1. The number of hydrogen-bond acceptors (Lipinski definition) is 2. The Bertz CT molecular complexity index is 490. The van der Waals surface area contributed by atoms with Crippen molar-refractivity contribution in [2.45, 2.75) is 40.2 Å². The summed E-state index contributed by atoms with van der Waals surface area (Å²) in [6, 6.07) is 5.15. The standard InChI is InChI=1S/C18H26FNO/c1-4-15(3)13-20(5-2)14-17-10-9-16(12-18(17)19)8-6-7-11-21/h9-10,12,15,21H,4-5,7,11,13-14H2,1-3H3. The van der Waals surface area contributed by atoms with Crippen molar-refractivity contribution >= 4 is 0 Å². The highest BCUT2D eigenvalue weighted by molar-refractivity contribution is 5.37. The van der Waals surface area contributed by atoms with Crippen LogP contribution in [0.1, 0.15) is 44.7 Å². The Morgan fingerprint density at radius 3 is 2.67 bits per heavy atom. The van der Waals surface area contributed by atoms with Gasteiger partial charge in [-0.15, -0.1) is 0 Å². The monoisotopic (exact) mass is 291 g/mol. The van der Waals surface area contributed by atoms with Gasteiger partial charge in [-0.05, 0) is 24.6 Å². The summed E-state index contributed by atoms with van der Waals surface area (Å²) >= 11 is 0. The molecule has 0 aliphatic carbocycles. The molecule has 1 aromatic carbocycles. The molecule has 2 nitrogen and oxygen atoms in total. The normalized spacial score (nSPS) is 12.1. The molecule has 0 fully saturated rings. The Morgan fingerprint density at radius 1 is 1.33 bits per heavy atom. The topological polar surface area (TPSA) is 23.5 Å². The molecule has 0 aliphatic heterocycles. The molecule has 0 amide bonds. The number of halogens is 1. The van der Waals surface area contributed by atoms with E-state index in [4.69, 9.17) is 5.11 Å². The third-order valence-corrected chi connectivity index (χ3v) is 3.63. The minimum absolute atomic E-state index is 0.0363. The molecule has 0 saturated heterocycles. The first-order chi connectivity index (χ1) is 10.1. The molecule has 0 aliphatic rings. The average Bonchev–Trinajstić information content (AvgIpc) is 2.49. The van der Waals surface area contributed by atoms with Crippen LogP contribution in [0.5, 0.6) is 0 Å². The summed E-state index contributed by atoms with van der Waals surface area (Å²) in [6.07, 6.45) is 1.56. The predicted molar refractivity (Wildman–Crippen MR) is 85.4 cm³/mol. The number of nitrogens with zero attached hydrogens (tertiary/aromatic N) is 1.